The Hall–Kier alpha value is -4.79. The predicted molar refractivity (Wildman–Crippen MR) is 139 cm³/mol. The molecule has 0 atom stereocenters. The SMILES string of the molecule is Cn1nnc(-c2ccc3[nH]c4nc(Cc5ccccc5)nc(NCCc5ccc(O)cc5)c4c3c2)n1. The van der Waals surface area contributed by atoms with E-state index in [1.54, 1.807) is 19.2 Å². The van der Waals surface area contributed by atoms with Gasteiger partial charge in [-0.05, 0) is 53.1 Å². The highest BCUT2D eigenvalue weighted by Gasteiger charge is 2.16. The van der Waals surface area contributed by atoms with Gasteiger partial charge in [0.15, 0.2) is 0 Å². The number of anilines is 1. The standard InChI is InChI=1S/C27H24N8O/c1-35-33-25(32-34-35)19-9-12-22-21(16-19)24-26(28-14-13-17-7-10-20(36)11-8-17)30-23(31-27(24)29-22)15-18-5-3-2-4-6-18/h2-12,16,36H,13-15H2,1H3,(H2,28,29,30,31). The number of hydrogen-bond donors (Lipinski definition) is 3. The molecule has 0 unspecified atom stereocenters. The van der Waals surface area contributed by atoms with Crippen LogP contribution in [0.2, 0.25) is 0 Å². The number of phenols is 1. The summed E-state index contributed by atoms with van der Waals surface area (Å²) in [5.74, 6) is 2.35. The number of aromatic hydroxyl groups is 1. The van der Waals surface area contributed by atoms with E-state index in [0.29, 0.717) is 18.8 Å². The molecular weight excluding hydrogens is 452 g/mol. The molecule has 3 aromatic heterocycles. The number of nitrogens with one attached hydrogen (secondary N) is 2. The molecule has 0 saturated carbocycles. The number of hydrogen-bond acceptors (Lipinski definition) is 7. The Morgan fingerprint density at radius 2 is 1.78 bits per heavy atom. The summed E-state index contributed by atoms with van der Waals surface area (Å²) >= 11 is 0. The molecule has 0 bridgehead atoms. The van der Waals surface area contributed by atoms with Crippen LogP contribution < -0.4 is 5.32 Å². The molecular formula is C27H24N8O. The van der Waals surface area contributed by atoms with E-state index in [0.717, 1.165) is 56.7 Å². The van der Waals surface area contributed by atoms with Crippen LogP contribution in [0.3, 0.4) is 0 Å². The van der Waals surface area contributed by atoms with Crippen molar-refractivity contribution in [3.63, 3.8) is 0 Å². The molecule has 36 heavy (non-hydrogen) atoms. The summed E-state index contributed by atoms with van der Waals surface area (Å²) in [5, 5.41) is 27.5. The second kappa shape index (κ2) is 9.10. The van der Waals surface area contributed by atoms with Gasteiger partial charge in [-0.15, -0.1) is 10.2 Å². The van der Waals surface area contributed by atoms with Gasteiger partial charge in [-0.2, -0.15) is 4.80 Å². The van der Waals surface area contributed by atoms with Crippen molar-refractivity contribution in [3.05, 3.63) is 89.7 Å². The highest BCUT2D eigenvalue weighted by Crippen LogP contribution is 2.32. The molecule has 0 spiro atoms. The molecule has 0 aliphatic carbocycles. The van der Waals surface area contributed by atoms with Crippen LogP contribution in [0.25, 0.3) is 33.3 Å². The van der Waals surface area contributed by atoms with Crippen LogP contribution >= 0.6 is 0 Å². The lowest BCUT2D eigenvalue weighted by Gasteiger charge is -2.10. The van der Waals surface area contributed by atoms with Crippen molar-refractivity contribution in [1.82, 2.24) is 35.2 Å². The number of rotatable bonds is 7. The molecule has 9 nitrogen and oxygen atoms in total. The van der Waals surface area contributed by atoms with E-state index in [2.05, 4.69) is 43.9 Å². The van der Waals surface area contributed by atoms with E-state index >= 15 is 0 Å². The molecule has 0 fully saturated rings. The average Bonchev–Trinajstić information content (AvgIpc) is 3.48. The summed E-state index contributed by atoms with van der Waals surface area (Å²) in [6, 6.07) is 23.5. The Morgan fingerprint density at radius 3 is 2.56 bits per heavy atom. The first-order chi connectivity index (χ1) is 17.6. The fourth-order valence-electron chi connectivity index (χ4n) is 4.35. The summed E-state index contributed by atoms with van der Waals surface area (Å²) in [6.07, 6.45) is 1.42. The number of aromatic nitrogens is 7. The molecule has 0 radical (unpaired) electrons. The van der Waals surface area contributed by atoms with Gasteiger partial charge < -0.3 is 15.4 Å². The van der Waals surface area contributed by atoms with Crippen molar-refractivity contribution in [1.29, 1.82) is 0 Å². The van der Waals surface area contributed by atoms with Crippen LogP contribution in [-0.2, 0) is 19.9 Å². The summed E-state index contributed by atoms with van der Waals surface area (Å²) in [4.78, 5) is 14.7. The zero-order chi connectivity index (χ0) is 24.5. The molecule has 0 aliphatic heterocycles. The largest absolute Gasteiger partial charge is 0.508 e. The lowest BCUT2D eigenvalue weighted by molar-refractivity contribution is 0.475. The molecule has 3 N–H and O–H groups in total. The van der Waals surface area contributed by atoms with Gasteiger partial charge in [-0.1, -0.05) is 42.5 Å². The van der Waals surface area contributed by atoms with Gasteiger partial charge in [0.2, 0.25) is 5.82 Å². The lowest BCUT2D eigenvalue weighted by atomic mass is 10.1. The second-order valence-electron chi connectivity index (χ2n) is 8.71. The monoisotopic (exact) mass is 476 g/mol. The Morgan fingerprint density at radius 1 is 0.944 bits per heavy atom. The maximum atomic E-state index is 9.56. The van der Waals surface area contributed by atoms with E-state index < -0.39 is 0 Å². The van der Waals surface area contributed by atoms with Crippen LogP contribution in [0, 0.1) is 0 Å². The highest BCUT2D eigenvalue weighted by atomic mass is 16.3. The van der Waals surface area contributed by atoms with Gasteiger partial charge in [-0.3, -0.25) is 0 Å². The fraction of sp³-hybridized carbons (Fsp3) is 0.148. The minimum Gasteiger partial charge on any atom is -0.508 e. The van der Waals surface area contributed by atoms with Crippen LogP contribution in [0.1, 0.15) is 17.0 Å². The first-order valence-corrected chi connectivity index (χ1v) is 11.7. The van der Waals surface area contributed by atoms with Gasteiger partial charge in [0.05, 0.1) is 12.4 Å². The van der Waals surface area contributed by atoms with Gasteiger partial charge in [0, 0.05) is 29.4 Å². The fourth-order valence-corrected chi connectivity index (χ4v) is 4.35. The quantitative estimate of drug-likeness (QED) is 0.315. The van der Waals surface area contributed by atoms with E-state index in [-0.39, 0.29) is 5.75 Å². The van der Waals surface area contributed by atoms with E-state index in [1.165, 1.54) is 4.80 Å². The molecule has 0 aliphatic rings. The Labute approximate surface area is 206 Å². The number of aromatic amines is 1. The molecule has 0 saturated heterocycles. The minimum atomic E-state index is 0.266. The van der Waals surface area contributed by atoms with Crippen molar-refractivity contribution in [3.8, 4) is 17.1 Å². The van der Waals surface area contributed by atoms with E-state index in [9.17, 15) is 5.11 Å². The molecule has 0 amide bonds. The third-order valence-electron chi connectivity index (χ3n) is 6.11. The van der Waals surface area contributed by atoms with Gasteiger partial charge in [-0.25, -0.2) is 9.97 Å². The topological polar surface area (TPSA) is 117 Å². The summed E-state index contributed by atoms with van der Waals surface area (Å²) < 4.78 is 0. The van der Waals surface area contributed by atoms with E-state index in [4.69, 9.17) is 9.97 Å². The zero-order valence-corrected chi connectivity index (χ0v) is 19.7. The minimum absolute atomic E-state index is 0.266. The average molecular weight is 477 g/mol. The van der Waals surface area contributed by atoms with Crippen LogP contribution in [-0.4, -0.2) is 46.8 Å². The zero-order valence-electron chi connectivity index (χ0n) is 19.7. The van der Waals surface area contributed by atoms with Crippen molar-refractivity contribution < 1.29 is 5.11 Å². The van der Waals surface area contributed by atoms with Gasteiger partial charge in [0.1, 0.15) is 23.0 Å². The van der Waals surface area contributed by atoms with Crippen LogP contribution in [0.4, 0.5) is 5.82 Å². The van der Waals surface area contributed by atoms with Gasteiger partial charge in [0.25, 0.3) is 0 Å². The molecule has 178 valence electrons. The van der Waals surface area contributed by atoms with Crippen LogP contribution in [0.15, 0.2) is 72.8 Å². The third kappa shape index (κ3) is 4.34. The number of phenolic OH excluding ortho intramolecular Hbond substituents is 1. The Balaban J connectivity index is 1.40. The first-order valence-electron chi connectivity index (χ1n) is 11.7. The van der Waals surface area contributed by atoms with Crippen LogP contribution in [0.5, 0.6) is 5.75 Å². The normalized spacial score (nSPS) is 11.4. The number of benzene rings is 3. The number of H-pyrrole nitrogens is 1. The first kappa shape index (κ1) is 21.7. The number of nitrogens with zero attached hydrogens (tertiary/aromatic N) is 6. The molecule has 6 rings (SSSR count). The summed E-state index contributed by atoms with van der Waals surface area (Å²) in [6.45, 7) is 0.680. The molecule has 3 heterocycles. The Kier molecular flexibility index (Phi) is 5.49. The second-order valence-corrected chi connectivity index (χ2v) is 8.71. The number of aryl methyl sites for hydroxylation is 1. The maximum absolute atomic E-state index is 9.56. The van der Waals surface area contributed by atoms with Crippen molar-refractivity contribution in [2.45, 2.75) is 12.8 Å². The third-order valence-corrected chi connectivity index (χ3v) is 6.11. The van der Waals surface area contributed by atoms with Gasteiger partial charge >= 0.3 is 0 Å². The Bertz CT molecular complexity index is 1660. The highest BCUT2D eigenvalue weighted by molar-refractivity contribution is 6.12. The summed E-state index contributed by atoms with van der Waals surface area (Å²) in [5.41, 5.74) is 4.90. The van der Waals surface area contributed by atoms with E-state index in [1.807, 2.05) is 42.5 Å². The van der Waals surface area contributed by atoms with Crippen molar-refractivity contribution >= 4 is 27.8 Å². The smallest absolute Gasteiger partial charge is 0.204 e. The van der Waals surface area contributed by atoms with Crippen molar-refractivity contribution in [2.24, 2.45) is 7.05 Å². The molecule has 3 aromatic carbocycles. The lowest BCUT2D eigenvalue weighted by Crippen LogP contribution is -2.09. The summed E-state index contributed by atoms with van der Waals surface area (Å²) in [7, 11) is 1.75. The maximum Gasteiger partial charge on any atom is 0.204 e. The molecule has 6 aromatic rings. The predicted octanol–water partition coefficient (Wildman–Crippen LogP) is 4.25. The number of fused-ring (bicyclic) bond motifs is 3. The number of tetrazole rings is 1. The molecule has 9 heteroatoms. The van der Waals surface area contributed by atoms with Crippen molar-refractivity contribution in [2.75, 3.05) is 11.9 Å².